The second-order valence-electron chi connectivity index (χ2n) is 5.57. The predicted octanol–water partition coefficient (Wildman–Crippen LogP) is 4.42. The van der Waals surface area contributed by atoms with Gasteiger partial charge in [-0.05, 0) is 25.7 Å². The minimum absolute atomic E-state index is 0.505. The molecule has 0 N–H and O–H groups in total. The van der Waals surface area contributed by atoms with Gasteiger partial charge in [0.15, 0.2) is 5.82 Å². The molecule has 4 heteroatoms. The normalized spacial score (nSPS) is 14.8. The Morgan fingerprint density at radius 3 is 2.57 bits per heavy atom. The van der Waals surface area contributed by atoms with Crippen LogP contribution in [0.25, 0.3) is 11.4 Å². The van der Waals surface area contributed by atoms with E-state index in [4.69, 9.17) is 16.6 Å². The maximum atomic E-state index is 6.21. The lowest BCUT2D eigenvalue weighted by Crippen LogP contribution is -2.33. The topological polar surface area (TPSA) is 29.0 Å². The number of benzene rings is 1. The van der Waals surface area contributed by atoms with Gasteiger partial charge < -0.3 is 4.90 Å². The van der Waals surface area contributed by atoms with E-state index in [1.54, 1.807) is 0 Å². The smallest absolute Gasteiger partial charge is 0.163 e. The van der Waals surface area contributed by atoms with Gasteiger partial charge in [0.1, 0.15) is 11.0 Å². The van der Waals surface area contributed by atoms with Crippen LogP contribution in [0.4, 0.5) is 5.82 Å². The van der Waals surface area contributed by atoms with Crippen molar-refractivity contribution >= 4 is 17.4 Å². The first kappa shape index (κ1) is 14.3. The molecule has 0 amide bonds. The Hall–Kier alpha value is -1.61. The van der Waals surface area contributed by atoms with Gasteiger partial charge in [-0.2, -0.15) is 0 Å². The zero-order chi connectivity index (χ0) is 14.7. The summed E-state index contributed by atoms with van der Waals surface area (Å²) in [6.45, 7) is 4.17. The number of anilines is 1. The molecule has 1 fully saturated rings. The van der Waals surface area contributed by atoms with Crippen molar-refractivity contribution in [1.29, 1.82) is 0 Å². The van der Waals surface area contributed by atoms with Crippen LogP contribution >= 0.6 is 11.6 Å². The van der Waals surface area contributed by atoms with Crippen molar-refractivity contribution in [2.45, 2.75) is 26.2 Å². The predicted molar refractivity (Wildman–Crippen MR) is 87.7 cm³/mol. The molecule has 1 saturated carbocycles. The van der Waals surface area contributed by atoms with Crippen molar-refractivity contribution in [3.05, 3.63) is 41.6 Å². The molecule has 0 saturated heterocycles. The largest absolute Gasteiger partial charge is 0.356 e. The van der Waals surface area contributed by atoms with Crippen LogP contribution in [-0.2, 0) is 0 Å². The lowest BCUT2D eigenvalue weighted by atomic mass is 9.85. The molecular weight excluding hydrogens is 282 g/mol. The molecule has 1 aliphatic carbocycles. The average Bonchev–Trinajstić information content (AvgIpc) is 2.46. The van der Waals surface area contributed by atoms with Crippen molar-refractivity contribution in [3.8, 4) is 11.4 Å². The summed E-state index contributed by atoms with van der Waals surface area (Å²) in [6.07, 6.45) is 4.03. The standard InChI is InChI=1S/C17H20ClN3/c1-2-21(12-13-7-6-8-13)16-11-15(18)19-17(20-16)14-9-4-3-5-10-14/h3-5,9-11,13H,2,6-8,12H2,1H3. The van der Waals surface area contributed by atoms with Crippen molar-refractivity contribution in [1.82, 2.24) is 9.97 Å². The fourth-order valence-corrected chi connectivity index (χ4v) is 2.83. The minimum Gasteiger partial charge on any atom is -0.356 e. The molecule has 0 spiro atoms. The Morgan fingerprint density at radius 2 is 1.95 bits per heavy atom. The third-order valence-electron chi connectivity index (χ3n) is 4.12. The molecule has 0 bridgehead atoms. The summed E-state index contributed by atoms with van der Waals surface area (Å²) < 4.78 is 0. The summed E-state index contributed by atoms with van der Waals surface area (Å²) in [5.41, 5.74) is 1.00. The highest BCUT2D eigenvalue weighted by atomic mass is 35.5. The Morgan fingerprint density at radius 1 is 1.19 bits per heavy atom. The molecule has 0 aliphatic heterocycles. The van der Waals surface area contributed by atoms with Gasteiger partial charge in [0.05, 0.1) is 0 Å². The van der Waals surface area contributed by atoms with Gasteiger partial charge in [0.2, 0.25) is 0 Å². The third-order valence-corrected chi connectivity index (χ3v) is 4.32. The Bertz CT molecular complexity index is 596. The van der Waals surface area contributed by atoms with Gasteiger partial charge in [-0.25, -0.2) is 9.97 Å². The second kappa shape index (κ2) is 6.44. The number of rotatable bonds is 5. The lowest BCUT2D eigenvalue weighted by molar-refractivity contribution is 0.318. The van der Waals surface area contributed by atoms with E-state index in [9.17, 15) is 0 Å². The minimum atomic E-state index is 0.505. The van der Waals surface area contributed by atoms with E-state index in [0.717, 1.165) is 30.4 Å². The van der Waals surface area contributed by atoms with E-state index >= 15 is 0 Å². The number of hydrogen-bond acceptors (Lipinski definition) is 3. The van der Waals surface area contributed by atoms with Gasteiger partial charge in [-0.15, -0.1) is 0 Å². The van der Waals surface area contributed by atoms with Gasteiger partial charge in [-0.1, -0.05) is 48.4 Å². The van der Waals surface area contributed by atoms with Crippen molar-refractivity contribution in [3.63, 3.8) is 0 Å². The molecule has 21 heavy (non-hydrogen) atoms. The molecule has 3 nitrogen and oxygen atoms in total. The molecular formula is C17H20ClN3. The molecule has 1 aliphatic rings. The quantitative estimate of drug-likeness (QED) is 0.765. The summed E-state index contributed by atoms with van der Waals surface area (Å²) in [4.78, 5) is 11.4. The molecule has 1 heterocycles. The van der Waals surface area contributed by atoms with Crippen molar-refractivity contribution in [2.75, 3.05) is 18.0 Å². The van der Waals surface area contributed by atoms with E-state index in [1.807, 2.05) is 36.4 Å². The molecule has 0 atom stereocenters. The maximum absolute atomic E-state index is 6.21. The van der Waals surface area contributed by atoms with Crippen LogP contribution < -0.4 is 4.90 Å². The first-order valence-electron chi connectivity index (χ1n) is 7.61. The van der Waals surface area contributed by atoms with Crippen LogP contribution in [0.1, 0.15) is 26.2 Å². The van der Waals surface area contributed by atoms with Gasteiger partial charge in [0.25, 0.3) is 0 Å². The monoisotopic (exact) mass is 301 g/mol. The van der Waals surface area contributed by atoms with Crippen molar-refractivity contribution < 1.29 is 0 Å². The SMILES string of the molecule is CCN(CC1CCC1)c1cc(Cl)nc(-c2ccccc2)n1. The van der Waals surface area contributed by atoms with E-state index < -0.39 is 0 Å². The fraction of sp³-hybridized carbons (Fsp3) is 0.412. The summed E-state index contributed by atoms with van der Waals surface area (Å²) >= 11 is 6.21. The molecule has 2 aromatic rings. The highest BCUT2D eigenvalue weighted by Crippen LogP contribution is 2.29. The maximum Gasteiger partial charge on any atom is 0.163 e. The van der Waals surface area contributed by atoms with E-state index in [1.165, 1.54) is 19.3 Å². The highest BCUT2D eigenvalue weighted by molar-refractivity contribution is 6.29. The summed E-state index contributed by atoms with van der Waals surface area (Å²) in [7, 11) is 0. The molecule has 0 unspecified atom stereocenters. The Balaban J connectivity index is 1.89. The van der Waals surface area contributed by atoms with Crippen LogP contribution in [0.5, 0.6) is 0 Å². The Kier molecular flexibility index (Phi) is 4.39. The third kappa shape index (κ3) is 3.35. The fourth-order valence-electron chi connectivity index (χ4n) is 2.66. The molecule has 110 valence electrons. The van der Waals surface area contributed by atoms with Gasteiger partial charge in [-0.3, -0.25) is 0 Å². The van der Waals surface area contributed by atoms with Crippen LogP contribution in [0.15, 0.2) is 36.4 Å². The second-order valence-corrected chi connectivity index (χ2v) is 5.96. The number of aromatic nitrogens is 2. The van der Waals surface area contributed by atoms with E-state index in [-0.39, 0.29) is 0 Å². The lowest BCUT2D eigenvalue weighted by Gasteiger charge is -2.32. The van der Waals surface area contributed by atoms with Crippen LogP contribution in [0, 0.1) is 5.92 Å². The van der Waals surface area contributed by atoms with E-state index in [0.29, 0.717) is 11.0 Å². The zero-order valence-electron chi connectivity index (χ0n) is 12.3. The zero-order valence-corrected chi connectivity index (χ0v) is 13.1. The van der Waals surface area contributed by atoms with E-state index in [2.05, 4.69) is 16.8 Å². The molecule has 1 aromatic carbocycles. The molecule has 0 radical (unpaired) electrons. The molecule has 3 rings (SSSR count). The summed E-state index contributed by atoms with van der Waals surface area (Å²) in [6, 6.07) is 11.9. The van der Waals surface area contributed by atoms with Crippen LogP contribution in [0.2, 0.25) is 5.15 Å². The average molecular weight is 302 g/mol. The number of nitrogens with zero attached hydrogens (tertiary/aromatic N) is 3. The molecule has 1 aromatic heterocycles. The van der Waals surface area contributed by atoms with Gasteiger partial charge in [0, 0.05) is 24.7 Å². The van der Waals surface area contributed by atoms with Gasteiger partial charge >= 0.3 is 0 Å². The number of halogens is 1. The summed E-state index contributed by atoms with van der Waals surface area (Å²) in [5.74, 6) is 2.44. The first-order valence-corrected chi connectivity index (χ1v) is 7.99. The highest BCUT2D eigenvalue weighted by Gasteiger charge is 2.21. The summed E-state index contributed by atoms with van der Waals surface area (Å²) in [5, 5.41) is 0.505. The first-order chi connectivity index (χ1) is 10.3. The number of hydrogen-bond donors (Lipinski definition) is 0. The van der Waals surface area contributed by atoms with Crippen molar-refractivity contribution in [2.24, 2.45) is 5.92 Å². The van der Waals surface area contributed by atoms with Crippen LogP contribution in [0.3, 0.4) is 0 Å². The van der Waals surface area contributed by atoms with Crippen LogP contribution in [-0.4, -0.2) is 23.1 Å². The Labute approximate surface area is 131 Å².